The first-order chi connectivity index (χ1) is 7.58. The van der Waals surface area contributed by atoms with Gasteiger partial charge in [-0.3, -0.25) is 4.79 Å². The smallest absolute Gasteiger partial charge is 0.242 e. The van der Waals surface area contributed by atoms with Gasteiger partial charge in [-0.2, -0.15) is 0 Å². The van der Waals surface area contributed by atoms with Crippen molar-refractivity contribution < 1.29 is 4.79 Å². The minimum atomic E-state index is -0.675. The Morgan fingerprint density at radius 1 is 1.50 bits per heavy atom. The molecule has 2 rings (SSSR count). The van der Waals surface area contributed by atoms with Gasteiger partial charge in [0, 0.05) is 10.5 Å². The summed E-state index contributed by atoms with van der Waals surface area (Å²) in [4.78, 5) is 11.7. The van der Waals surface area contributed by atoms with Crippen LogP contribution in [0, 0.1) is 0 Å². The van der Waals surface area contributed by atoms with Crippen LogP contribution in [-0.4, -0.2) is 11.9 Å². The van der Waals surface area contributed by atoms with Crippen LogP contribution < -0.4 is 5.32 Å². The van der Waals surface area contributed by atoms with Gasteiger partial charge in [-0.25, -0.2) is 0 Å². The Morgan fingerprint density at radius 3 is 2.75 bits per heavy atom. The number of rotatable bonds is 3. The maximum Gasteiger partial charge on any atom is 0.242 e. The van der Waals surface area contributed by atoms with Gasteiger partial charge in [-0.1, -0.05) is 17.7 Å². The Bertz CT molecular complexity index is 420. The van der Waals surface area contributed by atoms with E-state index < -0.39 is 5.38 Å². The number of hydrogen-bond donors (Lipinski definition) is 1. The number of amides is 1. The number of nitrogens with one attached hydrogen (secondary N) is 1. The molecule has 1 aliphatic rings. The van der Waals surface area contributed by atoms with Crippen molar-refractivity contribution in [3.8, 4) is 0 Å². The van der Waals surface area contributed by atoms with Gasteiger partial charge in [0.2, 0.25) is 5.91 Å². The van der Waals surface area contributed by atoms with E-state index in [2.05, 4.69) is 21.2 Å². The molecule has 1 saturated carbocycles. The summed E-state index contributed by atoms with van der Waals surface area (Å²) >= 11 is 15.3. The fourth-order valence-corrected chi connectivity index (χ4v) is 1.96. The molecule has 0 heterocycles. The average molecular weight is 323 g/mol. The fourth-order valence-electron chi connectivity index (χ4n) is 1.32. The minimum absolute atomic E-state index is 0.150. The van der Waals surface area contributed by atoms with Crippen LogP contribution in [0.4, 0.5) is 0 Å². The van der Waals surface area contributed by atoms with E-state index in [1.54, 1.807) is 18.2 Å². The molecule has 0 saturated heterocycles. The lowest BCUT2D eigenvalue weighted by molar-refractivity contribution is -0.121. The summed E-state index contributed by atoms with van der Waals surface area (Å²) < 4.78 is 0.796. The minimum Gasteiger partial charge on any atom is -0.352 e. The van der Waals surface area contributed by atoms with Gasteiger partial charge in [0.15, 0.2) is 0 Å². The first kappa shape index (κ1) is 12.2. The highest BCUT2D eigenvalue weighted by molar-refractivity contribution is 9.10. The van der Waals surface area contributed by atoms with Crippen molar-refractivity contribution in [2.24, 2.45) is 0 Å². The number of halogens is 3. The Hall–Kier alpha value is -0.250. The number of carbonyl (C=O) groups excluding carboxylic acids is 1. The summed E-state index contributed by atoms with van der Waals surface area (Å²) in [5.74, 6) is -0.150. The fraction of sp³-hybridized carbons (Fsp3) is 0.364. The third kappa shape index (κ3) is 2.90. The van der Waals surface area contributed by atoms with Crippen molar-refractivity contribution in [3.63, 3.8) is 0 Å². The highest BCUT2D eigenvalue weighted by Gasteiger charge is 2.27. The highest BCUT2D eigenvalue weighted by Crippen LogP contribution is 2.29. The van der Waals surface area contributed by atoms with E-state index >= 15 is 0 Å². The van der Waals surface area contributed by atoms with Crippen molar-refractivity contribution in [2.75, 3.05) is 0 Å². The predicted molar refractivity (Wildman–Crippen MR) is 68.9 cm³/mol. The molecule has 1 N–H and O–H groups in total. The lowest BCUT2D eigenvalue weighted by Gasteiger charge is -2.10. The number of alkyl halides is 1. The highest BCUT2D eigenvalue weighted by atomic mass is 79.9. The quantitative estimate of drug-likeness (QED) is 0.845. The maximum absolute atomic E-state index is 11.7. The molecule has 1 unspecified atom stereocenters. The zero-order chi connectivity index (χ0) is 11.7. The molecule has 1 atom stereocenters. The van der Waals surface area contributed by atoms with Gasteiger partial charge in [0.05, 0.1) is 5.02 Å². The number of benzene rings is 1. The second-order valence-corrected chi connectivity index (χ2v) is 5.52. The Labute approximate surface area is 112 Å². The summed E-state index contributed by atoms with van der Waals surface area (Å²) in [7, 11) is 0. The first-order valence-corrected chi connectivity index (χ1v) is 6.58. The molecule has 1 aromatic carbocycles. The second kappa shape index (κ2) is 4.94. The Balaban J connectivity index is 2.09. The zero-order valence-electron chi connectivity index (χ0n) is 8.34. The van der Waals surface area contributed by atoms with Gasteiger partial charge in [0.1, 0.15) is 5.38 Å². The summed E-state index contributed by atoms with van der Waals surface area (Å²) in [6.45, 7) is 0. The van der Waals surface area contributed by atoms with Crippen molar-refractivity contribution >= 4 is 45.0 Å². The molecular weight excluding hydrogens is 313 g/mol. The molecule has 0 bridgehead atoms. The van der Waals surface area contributed by atoms with E-state index in [0.29, 0.717) is 16.6 Å². The topological polar surface area (TPSA) is 29.1 Å². The van der Waals surface area contributed by atoms with Crippen LogP contribution in [0.2, 0.25) is 5.02 Å². The van der Waals surface area contributed by atoms with Crippen molar-refractivity contribution in [2.45, 2.75) is 24.3 Å². The van der Waals surface area contributed by atoms with Gasteiger partial charge in [-0.05, 0) is 46.5 Å². The van der Waals surface area contributed by atoms with Crippen LogP contribution in [0.3, 0.4) is 0 Å². The van der Waals surface area contributed by atoms with E-state index in [0.717, 1.165) is 17.3 Å². The molecule has 0 aliphatic heterocycles. The molecule has 86 valence electrons. The maximum atomic E-state index is 11.7. The standard InChI is InChI=1S/C11H10BrCl2NO/c12-8-4-1-6(5-9(8)13)10(14)11(16)15-7-2-3-7/h1,4-5,7,10H,2-3H2,(H,15,16). The zero-order valence-corrected chi connectivity index (χ0v) is 11.4. The molecule has 16 heavy (non-hydrogen) atoms. The molecule has 2 nitrogen and oxygen atoms in total. The van der Waals surface area contributed by atoms with Crippen LogP contribution in [0.15, 0.2) is 22.7 Å². The average Bonchev–Trinajstić information content (AvgIpc) is 3.05. The number of carbonyl (C=O) groups is 1. The first-order valence-electron chi connectivity index (χ1n) is 4.97. The van der Waals surface area contributed by atoms with Crippen LogP contribution in [0.5, 0.6) is 0 Å². The van der Waals surface area contributed by atoms with Crippen LogP contribution in [0.25, 0.3) is 0 Å². The van der Waals surface area contributed by atoms with Gasteiger partial charge >= 0.3 is 0 Å². The van der Waals surface area contributed by atoms with Crippen molar-refractivity contribution in [1.82, 2.24) is 5.32 Å². The molecule has 1 fully saturated rings. The monoisotopic (exact) mass is 321 g/mol. The third-order valence-corrected chi connectivity index (χ3v) is 4.07. The molecule has 0 aromatic heterocycles. The summed E-state index contributed by atoms with van der Waals surface area (Å²) in [6, 6.07) is 5.60. The lowest BCUT2D eigenvalue weighted by Crippen LogP contribution is -2.28. The molecule has 1 aromatic rings. The molecule has 0 radical (unpaired) electrons. The lowest BCUT2D eigenvalue weighted by atomic mass is 10.1. The van der Waals surface area contributed by atoms with Crippen LogP contribution in [-0.2, 0) is 4.79 Å². The van der Waals surface area contributed by atoms with E-state index in [1.807, 2.05) is 0 Å². The normalized spacial score (nSPS) is 16.9. The predicted octanol–water partition coefficient (Wildman–Crippen LogP) is 3.66. The van der Waals surface area contributed by atoms with Crippen molar-refractivity contribution in [1.29, 1.82) is 0 Å². The molecule has 1 amide bonds. The van der Waals surface area contributed by atoms with Crippen LogP contribution in [0.1, 0.15) is 23.8 Å². The van der Waals surface area contributed by atoms with E-state index in [1.165, 1.54) is 0 Å². The van der Waals surface area contributed by atoms with E-state index in [-0.39, 0.29) is 5.91 Å². The summed E-state index contributed by atoms with van der Waals surface area (Å²) in [5.41, 5.74) is 0.716. The van der Waals surface area contributed by atoms with Crippen molar-refractivity contribution in [3.05, 3.63) is 33.3 Å². The summed E-state index contributed by atoms with van der Waals surface area (Å²) in [6.07, 6.45) is 2.10. The van der Waals surface area contributed by atoms with Gasteiger partial charge in [-0.15, -0.1) is 11.6 Å². The molecular formula is C11H10BrCl2NO. The molecule has 1 aliphatic carbocycles. The van der Waals surface area contributed by atoms with Gasteiger partial charge < -0.3 is 5.32 Å². The third-order valence-electron chi connectivity index (χ3n) is 2.39. The number of hydrogen-bond acceptors (Lipinski definition) is 1. The SMILES string of the molecule is O=C(NC1CC1)C(Cl)c1ccc(Br)c(Cl)c1. The summed E-state index contributed by atoms with van der Waals surface area (Å²) in [5, 5.41) is 2.74. The van der Waals surface area contributed by atoms with Gasteiger partial charge in [0.25, 0.3) is 0 Å². The van der Waals surface area contributed by atoms with E-state index in [4.69, 9.17) is 23.2 Å². The molecule has 0 spiro atoms. The van der Waals surface area contributed by atoms with E-state index in [9.17, 15) is 4.79 Å². The Morgan fingerprint density at radius 2 is 2.19 bits per heavy atom. The Kier molecular flexibility index (Phi) is 3.77. The largest absolute Gasteiger partial charge is 0.352 e. The molecule has 5 heteroatoms. The van der Waals surface area contributed by atoms with Crippen LogP contribution >= 0.6 is 39.1 Å². The second-order valence-electron chi connectivity index (χ2n) is 3.82.